The van der Waals surface area contributed by atoms with E-state index in [9.17, 15) is 0 Å². The Bertz CT molecular complexity index is 446. The van der Waals surface area contributed by atoms with Gasteiger partial charge in [-0.3, -0.25) is 0 Å². The van der Waals surface area contributed by atoms with Crippen molar-refractivity contribution in [1.82, 2.24) is 4.84 Å². The van der Waals surface area contributed by atoms with Crippen molar-refractivity contribution in [3.8, 4) is 0 Å². The molecule has 0 spiro atoms. The molecule has 4 unspecified atom stereocenters. The molecular formula is C19H32ClN. The van der Waals surface area contributed by atoms with E-state index in [1.807, 2.05) is 0 Å². The van der Waals surface area contributed by atoms with Gasteiger partial charge in [-0.2, -0.15) is 0 Å². The predicted molar refractivity (Wildman–Crippen MR) is 91.2 cm³/mol. The fourth-order valence-electron chi connectivity index (χ4n) is 6.22. The van der Waals surface area contributed by atoms with Gasteiger partial charge in [-0.1, -0.05) is 46.3 Å². The molecular weight excluding hydrogens is 278 g/mol. The summed E-state index contributed by atoms with van der Waals surface area (Å²) in [5.74, 6) is 1.60. The van der Waals surface area contributed by atoms with Crippen molar-refractivity contribution in [2.75, 3.05) is 0 Å². The van der Waals surface area contributed by atoms with E-state index in [-0.39, 0.29) is 0 Å². The smallest absolute Gasteiger partial charge is 0.0314 e. The monoisotopic (exact) mass is 309 g/mol. The summed E-state index contributed by atoms with van der Waals surface area (Å²) in [6.07, 6.45) is 10.6. The molecule has 21 heavy (non-hydrogen) atoms. The summed E-state index contributed by atoms with van der Waals surface area (Å²) in [6.45, 7) is 12.1. The van der Waals surface area contributed by atoms with Gasteiger partial charge in [0.1, 0.15) is 0 Å². The van der Waals surface area contributed by atoms with Crippen LogP contribution < -0.4 is 4.84 Å². The van der Waals surface area contributed by atoms with Crippen LogP contribution in [0.5, 0.6) is 0 Å². The van der Waals surface area contributed by atoms with Gasteiger partial charge in [-0.05, 0) is 73.0 Å². The lowest BCUT2D eigenvalue weighted by Crippen LogP contribution is -2.59. The highest BCUT2D eigenvalue weighted by molar-refractivity contribution is 6.13. The highest BCUT2D eigenvalue weighted by Gasteiger charge is 2.59. The molecule has 0 heterocycles. The third kappa shape index (κ3) is 2.39. The van der Waals surface area contributed by atoms with Crippen molar-refractivity contribution < 1.29 is 0 Å². The molecule has 1 nitrogen and oxygen atoms in total. The van der Waals surface area contributed by atoms with E-state index in [0.29, 0.717) is 22.3 Å². The highest BCUT2D eigenvalue weighted by atomic mass is 35.5. The normalized spacial score (nSPS) is 41.3. The Morgan fingerprint density at radius 3 is 2.57 bits per heavy atom. The lowest BCUT2D eigenvalue weighted by Gasteiger charge is -2.63. The Morgan fingerprint density at radius 1 is 1.24 bits per heavy atom. The van der Waals surface area contributed by atoms with Crippen LogP contribution in [0.25, 0.3) is 0 Å². The maximum Gasteiger partial charge on any atom is 0.0314 e. The summed E-state index contributed by atoms with van der Waals surface area (Å²) < 4.78 is 0. The van der Waals surface area contributed by atoms with Crippen LogP contribution in [0.4, 0.5) is 0 Å². The number of hydrogen-bond donors (Lipinski definition) is 1. The zero-order valence-corrected chi connectivity index (χ0v) is 15.2. The molecule has 2 saturated carbocycles. The summed E-state index contributed by atoms with van der Waals surface area (Å²) in [5.41, 5.74) is 2.91. The third-order valence-electron chi connectivity index (χ3n) is 6.62. The summed E-state index contributed by atoms with van der Waals surface area (Å²) in [6, 6.07) is 0.425. The van der Waals surface area contributed by atoms with Crippen LogP contribution in [0, 0.1) is 28.1 Å². The van der Waals surface area contributed by atoms with E-state index >= 15 is 0 Å². The molecule has 0 aliphatic heterocycles. The van der Waals surface area contributed by atoms with Gasteiger partial charge in [0, 0.05) is 11.5 Å². The van der Waals surface area contributed by atoms with Crippen molar-refractivity contribution >= 4 is 11.8 Å². The Balaban J connectivity index is 2.15. The van der Waals surface area contributed by atoms with Gasteiger partial charge < -0.3 is 0 Å². The Kier molecular flexibility index (Phi) is 3.77. The molecule has 2 heteroatoms. The molecule has 4 atom stereocenters. The Labute approximate surface area is 136 Å². The largest absolute Gasteiger partial charge is 0.230 e. The molecule has 3 aliphatic carbocycles. The average molecular weight is 310 g/mol. The Hall–Kier alpha value is -0.0100. The number of allylic oxidation sites excluding steroid dienone is 1. The van der Waals surface area contributed by atoms with Gasteiger partial charge in [-0.15, -0.1) is 0 Å². The molecule has 120 valence electrons. The van der Waals surface area contributed by atoms with Crippen molar-refractivity contribution in [3.63, 3.8) is 0 Å². The fraction of sp³-hybridized carbons (Fsp3) is 0.895. The van der Waals surface area contributed by atoms with E-state index in [4.69, 9.17) is 11.8 Å². The summed E-state index contributed by atoms with van der Waals surface area (Å²) >= 11 is 6.24. The standard InChI is InChI=1S/C19H32ClN/c1-6-16(21-20)19-12-18(4,5)9-13-7-8-14(19)10-17(2,3)11-15(13)19/h11,13-14,16,21H,6-10,12H2,1-5H3. The molecule has 0 aromatic rings. The van der Waals surface area contributed by atoms with Crippen LogP contribution in [-0.4, -0.2) is 6.04 Å². The molecule has 0 amide bonds. The van der Waals surface area contributed by atoms with Gasteiger partial charge in [0.25, 0.3) is 0 Å². The molecule has 0 aromatic carbocycles. The summed E-state index contributed by atoms with van der Waals surface area (Å²) in [7, 11) is 0. The minimum Gasteiger partial charge on any atom is -0.230 e. The quantitative estimate of drug-likeness (QED) is 0.521. The number of rotatable bonds is 3. The first-order chi connectivity index (χ1) is 9.74. The van der Waals surface area contributed by atoms with Gasteiger partial charge in [0.05, 0.1) is 0 Å². The number of halogens is 1. The molecule has 2 fully saturated rings. The second-order valence-corrected chi connectivity index (χ2v) is 9.64. The number of nitrogens with one attached hydrogen (secondary N) is 1. The van der Waals surface area contributed by atoms with Crippen LogP contribution in [0.1, 0.15) is 73.1 Å². The average Bonchev–Trinajstić information content (AvgIpc) is 2.35. The maximum absolute atomic E-state index is 6.24. The maximum atomic E-state index is 6.24. The SMILES string of the molecule is CCC(NCl)C12CC(C)(C)CC3CCC1CC(C)(C)C=C32. The number of hydrogen-bond acceptors (Lipinski definition) is 1. The zero-order valence-electron chi connectivity index (χ0n) is 14.4. The molecule has 3 rings (SSSR count). The molecule has 3 aliphatic rings. The lowest BCUT2D eigenvalue weighted by atomic mass is 9.42. The van der Waals surface area contributed by atoms with E-state index in [1.54, 1.807) is 5.57 Å². The van der Waals surface area contributed by atoms with E-state index in [1.165, 1.54) is 32.1 Å². The van der Waals surface area contributed by atoms with Gasteiger partial charge >= 0.3 is 0 Å². The first-order valence-electron chi connectivity index (χ1n) is 8.83. The fourth-order valence-corrected chi connectivity index (χ4v) is 6.57. The minimum atomic E-state index is 0.316. The summed E-state index contributed by atoms with van der Waals surface area (Å²) in [5, 5.41) is 0. The van der Waals surface area contributed by atoms with Crippen LogP contribution in [0.15, 0.2) is 11.6 Å². The first-order valence-corrected chi connectivity index (χ1v) is 9.21. The molecule has 0 aromatic heterocycles. The van der Waals surface area contributed by atoms with Crippen LogP contribution in [0.2, 0.25) is 0 Å². The van der Waals surface area contributed by atoms with Crippen molar-refractivity contribution in [3.05, 3.63) is 11.6 Å². The lowest BCUT2D eigenvalue weighted by molar-refractivity contribution is -0.0366. The zero-order chi connectivity index (χ0) is 15.5. The van der Waals surface area contributed by atoms with E-state index < -0.39 is 0 Å². The second kappa shape index (κ2) is 4.99. The minimum absolute atomic E-state index is 0.316. The first kappa shape index (κ1) is 15.9. The molecule has 0 saturated heterocycles. The molecule has 1 N–H and O–H groups in total. The summed E-state index contributed by atoms with van der Waals surface area (Å²) in [4.78, 5) is 3.19. The van der Waals surface area contributed by atoms with E-state index in [0.717, 1.165) is 18.3 Å². The van der Waals surface area contributed by atoms with Crippen LogP contribution >= 0.6 is 11.8 Å². The molecule has 4 bridgehead atoms. The van der Waals surface area contributed by atoms with Crippen LogP contribution in [-0.2, 0) is 0 Å². The molecule has 0 radical (unpaired) electrons. The second-order valence-electron chi connectivity index (χ2n) is 9.42. The van der Waals surface area contributed by atoms with Crippen LogP contribution in [0.3, 0.4) is 0 Å². The van der Waals surface area contributed by atoms with Gasteiger partial charge in [-0.25, -0.2) is 4.84 Å². The topological polar surface area (TPSA) is 12.0 Å². The van der Waals surface area contributed by atoms with Crippen molar-refractivity contribution in [2.45, 2.75) is 79.2 Å². The van der Waals surface area contributed by atoms with E-state index in [2.05, 4.69) is 45.5 Å². The predicted octanol–water partition coefficient (Wildman–Crippen LogP) is 5.70. The van der Waals surface area contributed by atoms with Crippen molar-refractivity contribution in [2.24, 2.45) is 28.1 Å². The third-order valence-corrected chi connectivity index (χ3v) is 6.88. The highest BCUT2D eigenvalue weighted by Crippen LogP contribution is 2.67. The van der Waals surface area contributed by atoms with Gasteiger partial charge in [0.15, 0.2) is 0 Å². The Morgan fingerprint density at radius 2 is 1.95 bits per heavy atom. The van der Waals surface area contributed by atoms with Gasteiger partial charge in [0.2, 0.25) is 0 Å². The van der Waals surface area contributed by atoms with Crippen molar-refractivity contribution in [1.29, 1.82) is 0 Å².